The number of nitrogens with zero attached hydrogens (tertiary/aromatic N) is 1. The summed E-state index contributed by atoms with van der Waals surface area (Å²) in [5, 5.41) is 13.1. The van der Waals surface area contributed by atoms with Gasteiger partial charge in [-0.2, -0.15) is 13.2 Å². The highest BCUT2D eigenvalue weighted by molar-refractivity contribution is 6.30. The number of carbonyl (C=O) groups is 2. The smallest absolute Gasteiger partial charge is 0.401 e. The van der Waals surface area contributed by atoms with E-state index in [2.05, 4.69) is 5.32 Å². The first-order valence-electron chi connectivity index (χ1n) is 11.7. The minimum atomic E-state index is -4.40. The first kappa shape index (κ1) is 28.3. The van der Waals surface area contributed by atoms with E-state index in [4.69, 9.17) is 23.2 Å². The molecule has 1 aliphatic heterocycles. The summed E-state index contributed by atoms with van der Waals surface area (Å²) in [6.45, 7) is 2.12. The third kappa shape index (κ3) is 6.72. The normalized spacial score (nSPS) is 23.5. The van der Waals surface area contributed by atoms with E-state index in [1.165, 1.54) is 0 Å². The molecule has 196 valence electrons. The first-order chi connectivity index (χ1) is 16.8. The molecule has 0 spiro atoms. The van der Waals surface area contributed by atoms with Crippen molar-refractivity contribution in [1.82, 2.24) is 10.2 Å². The van der Waals surface area contributed by atoms with Crippen LogP contribution < -0.4 is 5.32 Å². The van der Waals surface area contributed by atoms with Crippen molar-refractivity contribution in [2.45, 2.75) is 57.3 Å². The number of amides is 1. The number of rotatable bonds is 9. The van der Waals surface area contributed by atoms with Gasteiger partial charge in [-0.3, -0.25) is 9.59 Å². The molecule has 0 bridgehead atoms. The largest absolute Gasteiger partial charge is 0.481 e. The monoisotopic (exact) mass is 544 g/mol. The van der Waals surface area contributed by atoms with Gasteiger partial charge in [-0.05, 0) is 48.2 Å². The van der Waals surface area contributed by atoms with Crippen LogP contribution in [0.25, 0.3) is 0 Å². The van der Waals surface area contributed by atoms with E-state index in [0.29, 0.717) is 16.5 Å². The SMILES string of the molecule is CCC(CNCC(F)(F)F)N1C(=O)[C@@](C)(CC(=O)O)CC(c2cccc(Cl)c2)[C@H]1c1ccc(Cl)cc1. The maximum Gasteiger partial charge on any atom is 0.401 e. The van der Waals surface area contributed by atoms with Crippen LogP contribution in [0.5, 0.6) is 0 Å². The van der Waals surface area contributed by atoms with Gasteiger partial charge in [-0.15, -0.1) is 0 Å². The molecule has 2 aromatic rings. The molecule has 0 aliphatic carbocycles. The summed E-state index contributed by atoms with van der Waals surface area (Å²) in [5.41, 5.74) is 0.304. The summed E-state index contributed by atoms with van der Waals surface area (Å²) in [7, 11) is 0. The Hall–Kier alpha value is -2.29. The summed E-state index contributed by atoms with van der Waals surface area (Å²) in [6.07, 6.45) is -4.21. The lowest BCUT2D eigenvalue weighted by Gasteiger charge is -2.52. The van der Waals surface area contributed by atoms with Gasteiger partial charge >= 0.3 is 12.1 Å². The molecule has 36 heavy (non-hydrogen) atoms. The molecule has 2 unspecified atom stereocenters. The van der Waals surface area contributed by atoms with Gasteiger partial charge in [0.15, 0.2) is 0 Å². The second-order valence-electron chi connectivity index (χ2n) is 9.51. The minimum absolute atomic E-state index is 0.0999. The van der Waals surface area contributed by atoms with Crippen LogP contribution in [0.3, 0.4) is 0 Å². The molecule has 5 nitrogen and oxygen atoms in total. The van der Waals surface area contributed by atoms with Crippen molar-refractivity contribution >= 4 is 35.1 Å². The van der Waals surface area contributed by atoms with Crippen LogP contribution in [-0.2, 0) is 9.59 Å². The number of carboxylic acid groups (broad SMARTS) is 1. The van der Waals surface area contributed by atoms with E-state index in [1.54, 1.807) is 61.2 Å². The highest BCUT2D eigenvalue weighted by Gasteiger charge is 2.52. The number of piperidine rings is 1. The van der Waals surface area contributed by atoms with Crippen molar-refractivity contribution < 1.29 is 27.9 Å². The molecule has 2 aromatic carbocycles. The van der Waals surface area contributed by atoms with Crippen molar-refractivity contribution in [1.29, 1.82) is 0 Å². The van der Waals surface area contributed by atoms with Gasteiger partial charge in [0.25, 0.3) is 0 Å². The third-order valence-electron chi connectivity index (χ3n) is 6.70. The number of alkyl halides is 3. The van der Waals surface area contributed by atoms with E-state index in [0.717, 1.165) is 11.1 Å². The number of nitrogens with one attached hydrogen (secondary N) is 1. The summed E-state index contributed by atoms with van der Waals surface area (Å²) in [4.78, 5) is 27.4. The first-order valence-corrected chi connectivity index (χ1v) is 12.4. The van der Waals surface area contributed by atoms with Crippen molar-refractivity contribution in [2.24, 2.45) is 5.41 Å². The molecule has 3 rings (SSSR count). The van der Waals surface area contributed by atoms with Gasteiger partial charge in [-0.1, -0.05) is 61.3 Å². The number of carbonyl (C=O) groups excluding carboxylic acids is 1. The quantitative estimate of drug-likeness (QED) is 0.380. The average molecular weight is 545 g/mol. The zero-order valence-corrected chi connectivity index (χ0v) is 21.5. The van der Waals surface area contributed by atoms with Crippen LogP contribution in [0.4, 0.5) is 13.2 Å². The number of halogens is 5. The van der Waals surface area contributed by atoms with Crippen LogP contribution in [-0.4, -0.2) is 47.2 Å². The molecule has 1 fully saturated rings. The molecular weight excluding hydrogens is 516 g/mol. The number of hydrogen-bond acceptors (Lipinski definition) is 3. The Kier molecular flexibility index (Phi) is 8.96. The van der Waals surface area contributed by atoms with Crippen molar-refractivity contribution in [3.63, 3.8) is 0 Å². The fourth-order valence-electron chi connectivity index (χ4n) is 5.10. The van der Waals surface area contributed by atoms with Gasteiger partial charge in [0.05, 0.1) is 24.4 Å². The van der Waals surface area contributed by atoms with Gasteiger partial charge in [0.1, 0.15) is 0 Å². The summed E-state index contributed by atoms with van der Waals surface area (Å²) in [5.74, 6) is -1.88. The standard InChI is InChI=1S/C26H29Cl2F3N2O3/c1-3-20(14-32-15-26(29,30)31)33-23(16-7-9-18(27)10-8-16)21(17-5-4-6-19(28)11-17)12-25(2,24(33)36)13-22(34)35/h4-11,20-21,23,32H,3,12-15H2,1-2H3,(H,34,35)/t20?,21?,23-,25-/m1/s1. The number of aliphatic carboxylic acids is 1. The Morgan fingerprint density at radius 3 is 2.39 bits per heavy atom. The van der Waals surface area contributed by atoms with E-state index < -0.39 is 48.5 Å². The Labute approximate surface area is 218 Å². The third-order valence-corrected chi connectivity index (χ3v) is 7.19. The van der Waals surface area contributed by atoms with Gasteiger partial charge < -0.3 is 15.3 Å². The fraction of sp³-hybridized carbons (Fsp3) is 0.462. The Morgan fingerprint density at radius 2 is 1.83 bits per heavy atom. The molecule has 1 saturated heterocycles. The summed E-state index contributed by atoms with van der Waals surface area (Å²) < 4.78 is 38.6. The lowest BCUT2D eigenvalue weighted by atomic mass is 9.67. The van der Waals surface area contributed by atoms with Gasteiger partial charge in [0.2, 0.25) is 5.91 Å². The van der Waals surface area contributed by atoms with Crippen LogP contribution in [0.2, 0.25) is 10.0 Å². The van der Waals surface area contributed by atoms with Gasteiger partial charge in [-0.25, -0.2) is 0 Å². The Balaban J connectivity index is 2.15. The average Bonchev–Trinajstić information content (AvgIpc) is 2.78. The highest BCUT2D eigenvalue weighted by atomic mass is 35.5. The number of benzene rings is 2. The van der Waals surface area contributed by atoms with Crippen LogP contribution in [0.1, 0.15) is 56.2 Å². The maximum atomic E-state index is 14.0. The zero-order valence-electron chi connectivity index (χ0n) is 20.0. The number of carboxylic acids is 1. The number of hydrogen-bond donors (Lipinski definition) is 2. The molecule has 1 amide bonds. The summed E-state index contributed by atoms with van der Waals surface area (Å²) in [6, 6.07) is 13.0. The van der Waals surface area contributed by atoms with Gasteiger partial charge in [0, 0.05) is 28.5 Å². The number of likely N-dealkylation sites (tertiary alicyclic amines) is 1. The molecule has 0 radical (unpaired) electrons. The van der Waals surface area contributed by atoms with E-state index in [-0.39, 0.29) is 18.9 Å². The predicted molar refractivity (Wildman–Crippen MR) is 133 cm³/mol. The lowest BCUT2D eigenvalue weighted by Crippen LogP contribution is -2.58. The van der Waals surface area contributed by atoms with E-state index >= 15 is 0 Å². The molecule has 0 aromatic heterocycles. The molecule has 0 saturated carbocycles. The second-order valence-corrected chi connectivity index (χ2v) is 10.4. The second kappa shape index (κ2) is 11.4. The predicted octanol–water partition coefficient (Wildman–Crippen LogP) is 6.46. The molecule has 10 heteroatoms. The van der Waals surface area contributed by atoms with Crippen LogP contribution >= 0.6 is 23.2 Å². The molecule has 4 atom stereocenters. The fourth-order valence-corrected chi connectivity index (χ4v) is 5.43. The van der Waals surface area contributed by atoms with Crippen molar-refractivity contribution in [3.05, 3.63) is 69.7 Å². The van der Waals surface area contributed by atoms with Crippen LogP contribution in [0.15, 0.2) is 48.5 Å². The zero-order chi connectivity index (χ0) is 26.7. The maximum absolute atomic E-state index is 14.0. The summed E-state index contributed by atoms with van der Waals surface area (Å²) >= 11 is 12.4. The molecule has 1 aliphatic rings. The molecular formula is C26H29Cl2F3N2O3. The highest BCUT2D eigenvalue weighted by Crippen LogP contribution is 2.52. The molecule has 2 N–H and O–H groups in total. The molecule has 1 heterocycles. The van der Waals surface area contributed by atoms with E-state index in [1.807, 2.05) is 6.07 Å². The van der Waals surface area contributed by atoms with Crippen LogP contribution in [0, 0.1) is 5.41 Å². The Bertz CT molecular complexity index is 1080. The topological polar surface area (TPSA) is 69.6 Å². The lowest BCUT2D eigenvalue weighted by molar-refractivity contribution is -0.160. The Morgan fingerprint density at radius 1 is 1.17 bits per heavy atom. The van der Waals surface area contributed by atoms with Crippen molar-refractivity contribution in [2.75, 3.05) is 13.1 Å². The minimum Gasteiger partial charge on any atom is -0.481 e. The van der Waals surface area contributed by atoms with E-state index in [9.17, 15) is 27.9 Å². The van der Waals surface area contributed by atoms with Crippen molar-refractivity contribution in [3.8, 4) is 0 Å².